The van der Waals surface area contributed by atoms with Crippen LogP contribution in [-0.4, -0.2) is 30.6 Å². The molecule has 3 aromatic rings. The number of aryl methyl sites for hydroxylation is 1. The lowest BCUT2D eigenvalue weighted by atomic mass is 9.95. The Labute approximate surface area is 208 Å². The van der Waals surface area contributed by atoms with Gasteiger partial charge in [-0.25, -0.2) is 4.98 Å². The molecule has 8 heteroatoms. The number of hydrogen-bond acceptors (Lipinski definition) is 6. The maximum atomic E-state index is 13.6. The summed E-state index contributed by atoms with van der Waals surface area (Å²) in [6.45, 7) is 2.35. The van der Waals surface area contributed by atoms with E-state index in [1.54, 1.807) is 21.6 Å². The van der Waals surface area contributed by atoms with Crippen molar-refractivity contribution >= 4 is 51.7 Å². The van der Waals surface area contributed by atoms with Gasteiger partial charge in [0.15, 0.2) is 0 Å². The number of rotatable bonds is 5. The molecular formula is C26H26N4O2S2. The fourth-order valence-corrected chi connectivity index (χ4v) is 5.76. The summed E-state index contributed by atoms with van der Waals surface area (Å²) in [5.41, 5.74) is 2.75. The average molecular weight is 491 g/mol. The number of thioether (sulfide) groups is 1. The van der Waals surface area contributed by atoms with Crippen molar-refractivity contribution < 1.29 is 4.79 Å². The predicted octanol–water partition coefficient (Wildman–Crippen LogP) is 5.15. The van der Waals surface area contributed by atoms with Crippen molar-refractivity contribution in [1.82, 2.24) is 14.3 Å². The summed E-state index contributed by atoms with van der Waals surface area (Å²) in [6, 6.07) is 13.8. The molecule has 0 radical (unpaired) electrons. The zero-order chi connectivity index (χ0) is 23.7. The Morgan fingerprint density at radius 3 is 2.65 bits per heavy atom. The van der Waals surface area contributed by atoms with Crippen molar-refractivity contribution in [3.8, 4) is 0 Å². The van der Waals surface area contributed by atoms with Gasteiger partial charge in [-0.05, 0) is 43.0 Å². The Morgan fingerprint density at radius 2 is 1.88 bits per heavy atom. The molecule has 0 unspecified atom stereocenters. The highest BCUT2D eigenvalue weighted by Crippen LogP contribution is 2.34. The molecule has 1 aromatic carbocycles. The first kappa shape index (κ1) is 22.8. The second-order valence-corrected chi connectivity index (χ2v) is 10.5. The molecule has 3 heterocycles. The van der Waals surface area contributed by atoms with Gasteiger partial charge in [-0.15, -0.1) is 0 Å². The molecule has 0 spiro atoms. The number of aromatic nitrogens is 2. The van der Waals surface area contributed by atoms with Crippen molar-refractivity contribution in [2.75, 3.05) is 5.32 Å². The Morgan fingerprint density at radius 1 is 1.12 bits per heavy atom. The Hall–Kier alpha value is -2.97. The molecule has 1 saturated heterocycles. The topological polar surface area (TPSA) is 66.7 Å². The van der Waals surface area contributed by atoms with Gasteiger partial charge in [0.1, 0.15) is 15.8 Å². The van der Waals surface area contributed by atoms with Crippen molar-refractivity contribution in [2.24, 2.45) is 0 Å². The minimum atomic E-state index is -0.194. The second kappa shape index (κ2) is 9.72. The second-order valence-electron chi connectivity index (χ2n) is 8.80. The first-order valence-electron chi connectivity index (χ1n) is 11.6. The summed E-state index contributed by atoms with van der Waals surface area (Å²) in [6.07, 6.45) is 9.05. The number of nitrogens with zero attached hydrogens (tertiary/aromatic N) is 3. The van der Waals surface area contributed by atoms with Gasteiger partial charge < -0.3 is 5.32 Å². The highest BCUT2D eigenvalue weighted by Gasteiger charge is 2.33. The van der Waals surface area contributed by atoms with Crippen LogP contribution in [0.1, 0.15) is 48.8 Å². The normalized spacial score (nSPS) is 18.3. The number of amides is 1. The van der Waals surface area contributed by atoms with E-state index in [-0.39, 0.29) is 17.5 Å². The molecule has 0 atom stereocenters. The fraction of sp³-hybridized carbons (Fsp3) is 0.308. The number of pyridine rings is 1. The Bertz CT molecular complexity index is 1340. The Balaban J connectivity index is 1.55. The summed E-state index contributed by atoms with van der Waals surface area (Å²) in [5, 5.41) is 3.52. The van der Waals surface area contributed by atoms with Gasteiger partial charge >= 0.3 is 0 Å². The molecule has 1 aliphatic carbocycles. The van der Waals surface area contributed by atoms with Crippen LogP contribution in [0.2, 0.25) is 0 Å². The number of hydrogen-bond donors (Lipinski definition) is 1. The van der Waals surface area contributed by atoms with Crippen LogP contribution in [0.25, 0.3) is 11.7 Å². The SMILES string of the molecule is Cc1cccn2c(=O)c(/C=C3/SC(=S)N(Cc4ccccc4)C3=O)c(NC3CCCCC3)nc12. The van der Waals surface area contributed by atoms with E-state index in [0.717, 1.165) is 36.8 Å². The first-order valence-corrected chi connectivity index (χ1v) is 12.8. The minimum Gasteiger partial charge on any atom is -0.367 e. The summed E-state index contributed by atoms with van der Waals surface area (Å²) in [5.74, 6) is 0.357. The van der Waals surface area contributed by atoms with Gasteiger partial charge in [-0.2, -0.15) is 0 Å². The summed E-state index contributed by atoms with van der Waals surface area (Å²) >= 11 is 6.75. The van der Waals surface area contributed by atoms with Gasteiger partial charge in [0, 0.05) is 12.2 Å². The van der Waals surface area contributed by atoms with Crippen LogP contribution >= 0.6 is 24.0 Å². The van der Waals surface area contributed by atoms with Crippen molar-refractivity contribution in [3.63, 3.8) is 0 Å². The molecule has 2 aromatic heterocycles. The van der Waals surface area contributed by atoms with E-state index >= 15 is 0 Å². The number of benzene rings is 1. The third-order valence-electron chi connectivity index (χ3n) is 6.36. The van der Waals surface area contributed by atoms with Gasteiger partial charge in [0.2, 0.25) is 0 Å². The van der Waals surface area contributed by atoms with E-state index in [1.807, 2.05) is 49.4 Å². The zero-order valence-electron chi connectivity index (χ0n) is 19.0. The average Bonchev–Trinajstić information content (AvgIpc) is 3.11. The molecule has 1 saturated carbocycles. The van der Waals surface area contributed by atoms with Crippen LogP contribution in [0.5, 0.6) is 0 Å². The fourth-order valence-electron chi connectivity index (χ4n) is 4.53. The van der Waals surface area contributed by atoms with Gasteiger partial charge in [0.25, 0.3) is 11.5 Å². The smallest absolute Gasteiger partial charge is 0.267 e. The molecule has 2 fully saturated rings. The van der Waals surface area contributed by atoms with Crippen LogP contribution in [0.4, 0.5) is 5.82 Å². The number of fused-ring (bicyclic) bond motifs is 1. The van der Waals surface area contributed by atoms with Gasteiger partial charge in [-0.3, -0.25) is 18.9 Å². The lowest BCUT2D eigenvalue weighted by molar-refractivity contribution is -0.122. The number of carbonyl (C=O) groups is 1. The summed E-state index contributed by atoms with van der Waals surface area (Å²) < 4.78 is 2.05. The Kier molecular flexibility index (Phi) is 6.52. The van der Waals surface area contributed by atoms with Crippen LogP contribution in [0, 0.1) is 6.92 Å². The first-order chi connectivity index (χ1) is 16.5. The van der Waals surface area contributed by atoms with Gasteiger partial charge in [0.05, 0.1) is 17.0 Å². The third-order valence-corrected chi connectivity index (χ3v) is 7.74. The zero-order valence-corrected chi connectivity index (χ0v) is 20.6. The molecule has 1 N–H and O–H groups in total. The van der Waals surface area contributed by atoms with Crippen LogP contribution in [0.3, 0.4) is 0 Å². The maximum Gasteiger partial charge on any atom is 0.267 e. The highest BCUT2D eigenvalue weighted by molar-refractivity contribution is 8.26. The van der Waals surface area contributed by atoms with Gasteiger partial charge in [-0.1, -0.05) is 79.6 Å². The maximum absolute atomic E-state index is 13.6. The molecule has 1 amide bonds. The molecular weight excluding hydrogens is 464 g/mol. The lowest BCUT2D eigenvalue weighted by Crippen LogP contribution is -2.28. The largest absolute Gasteiger partial charge is 0.367 e. The van der Waals surface area contributed by atoms with E-state index in [1.165, 1.54) is 18.2 Å². The molecule has 174 valence electrons. The third kappa shape index (κ3) is 4.52. The number of anilines is 1. The van der Waals surface area contributed by atoms with E-state index in [9.17, 15) is 9.59 Å². The predicted molar refractivity (Wildman–Crippen MR) is 142 cm³/mol. The molecule has 6 nitrogen and oxygen atoms in total. The van der Waals surface area contributed by atoms with Crippen molar-refractivity contribution in [3.05, 3.63) is 80.6 Å². The minimum absolute atomic E-state index is 0.184. The van der Waals surface area contributed by atoms with E-state index < -0.39 is 0 Å². The number of carbonyl (C=O) groups excluding carboxylic acids is 1. The summed E-state index contributed by atoms with van der Waals surface area (Å²) in [4.78, 5) is 33.7. The number of thiocarbonyl (C=S) groups is 1. The molecule has 2 aliphatic rings. The molecule has 34 heavy (non-hydrogen) atoms. The van der Waals surface area contributed by atoms with Crippen LogP contribution in [0.15, 0.2) is 58.4 Å². The molecule has 5 rings (SSSR count). The van der Waals surface area contributed by atoms with E-state index in [0.29, 0.717) is 32.8 Å². The molecule has 0 bridgehead atoms. The quantitative estimate of drug-likeness (QED) is 0.394. The van der Waals surface area contributed by atoms with Crippen molar-refractivity contribution in [2.45, 2.75) is 51.6 Å². The van der Waals surface area contributed by atoms with E-state index in [4.69, 9.17) is 17.2 Å². The molecule has 1 aliphatic heterocycles. The van der Waals surface area contributed by atoms with E-state index in [2.05, 4.69) is 5.32 Å². The standard InChI is InChI=1S/C26H26N4O2S2/c1-17-9-8-14-29-23(17)28-22(27-19-12-6-3-7-13-19)20(24(29)31)15-21-25(32)30(26(33)34-21)16-18-10-4-2-5-11-18/h2,4-5,8-11,14-15,19,27H,3,6-7,12-13,16H2,1H3/b21-15+. The highest BCUT2D eigenvalue weighted by atomic mass is 32.2. The summed E-state index contributed by atoms with van der Waals surface area (Å²) in [7, 11) is 0. The lowest BCUT2D eigenvalue weighted by Gasteiger charge is -2.24. The number of nitrogens with one attached hydrogen (secondary N) is 1. The van der Waals surface area contributed by atoms with Crippen molar-refractivity contribution in [1.29, 1.82) is 0 Å². The van der Waals surface area contributed by atoms with Crippen LogP contribution < -0.4 is 10.9 Å². The van der Waals surface area contributed by atoms with Crippen LogP contribution in [-0.2, 0) is 11.3 Å². The monoisotopic (exact) mass is 490 g/mol.